The average molecular weight is 399 g/mol. The molecule has 2 aliphatic rings. The number of fused-ring (bicyclic) bond motifs is 1. The van der Waals surface area contributed by atoms with Gasteiger partial charge in [-0.25, -0.2) is 0 Å². The van der Waals surface area contributed by atoms with Crippen LogP contribution in [0, 0.1) is 11.8 Å². The predicted octanol–water partition coefficient (Wildman–Crippen LogP) is 2.07. The van der Waals surface area contributed by atoms with Crippen LogP contribution in [0.1, 0.15) is 60.7 Å². The quantitative estimate of drug-likeness (QED) is 0.742. The van der Waals surface area contributed by atoms with Gasteiger partial charge in [-0.15, -0.1) is 0 Å². The first-order valence-corrected chi connectivity index (χ1v) is 10.4. The molecule has 7 heteroatoms. The van der Waals surface area contributed by atoms with Crippen molar-refractivity contribution in [1.29, 1.82) is 0 Å². The minimum Gasteiger partial charge on any atom is -0.356 e. The average Bonchev–Trinajstić information content (AvgIpc) is 2.96. The van der Waals surface area contributed by atoms with Crippen LogP contribution in [0.2, 0.25) is 0 Å². The van der Waals surface area contributed by atoms with Gasteiger partial charge in [-0.1, -0.05) is 26.0 Å². The number of hydrogen-bond donors (Lipinski definition) is 1. The molecule has 4 amide bonds. The topological polar surface area (TPSA) is 86.8 Å². The summed E-state index contributed by atoms with van der Waals surface area (Å²) in [6, 6.07) is 5.88. The van der Waals surface area contributed by atoms with E-state index in [0.717, 1.165) is 4.90 Å². The highest BCUT2D eigenvalue weighted by Gasteiger charge is 2.44. The molecule has 1 fully saturated rings. The second-order valence-corrected chi connectivity index (χ2v) is 8.17. The maximum Gasteiger partial charge on any atom is 0.262 e. The Morgan fingerprint density at radius 2 is 1.62 bits per heavy atom. The number of nitrogens with one attached hydrogen (secondary N) is 1. The van der Waals surface area contributed by atoms with Crippen LogP contribution in [0.3, 0.4) is 0 Å². The molecule has 0 aliphatic carbocycles. The first-order valence-electron chi connectivity index (χ1n) is 10.4. The van der Waals surface area contributed by atoms with Crippen molar-refractivity contribution in [2.24, 2.45) is 11.8 Å². The summed E-state index contributed by atoms with van der Waals surface area (Å²) in [6.45, 7) is 7.33. The molecule has 29 heavy (non-hydrogen) atoms. The number of carbonyl (C=O) groups excluding carboxylic acids is 4. The van der Waals surface area contributed by atoms with Crippen LogP contribution in [0.15, 0.2) is 24.3 Å². The van der Waals surface area contributed by atoms with Crippen LogP contribution in [0.5, 0.6) is 0 Å². The Labute approximate surface area is 171 Å². The van der Waals surface area contributed by atoms with Crippen molar-refractivity contribution in [3.8, 4) is 0 Å². The fraction of sp³-hybridized carbons (Fsp3) is 0.545. The minimum absolute atomic E-state index is 0.0266. The molecule has 2 aliphatic heterocycles. The van der Waals surface area contributed by atoms with E-state index in [1.54, 1.807) is 29.2 Å². The minimum atomic E-state index is -0.816. The standard InChI is InChI=1S/C22H29N3O4/c1-4-23-19(26)15-9-11-24(12-10-15)22(29)18(13-14(2)3)25-20(27)16-7-5-6-8-17(16)21(25)28/h5-8,14-15,18H,4,9-13H2,1-3H3,(H,23,26). The molecule has 1 saturated heterocycles. The van der Waals surface area contributed by atoms with Crippen molar-refractivity contribution >= 4 is 23.6 Å². The Morgan fingerprint density at radius 1 is 1.07 bits per heavy atom. The van der Waals surface area contributed by atoms with Crippen molar-refractivity contribution < 1.29 is 19.2 Å². The monoisotopic (exact) mass is 399 g/mol. The zero-order valence-corrected chi connectivity index (χ0v) is 17.3. The molecular weight excluding hydrogens is 370 g/mol. The van der Waals surface area contributed by atoms with Crippen LogP contribution in [0.4, 0.5) is 0 Å². The van der Waals surface area contributed by atoms with Gasteiger partial charge in [0.2, 0.25) is 11.8 Å². The van der Waals surface area contributed by atoms with E-state index in [0.29, 0.717) is 50.0 Å². The third kappa shape index (κ3) is 4.18. The van der Waals surface area contributed by atoms with Crippen LogP contribution in [0.25, 0.3) is 0 Å². The fourth-order valence-corrected chi connectivity index (χ4v) is 4.15. The Kier molecular flexibility index (Phi) is 6.35. The maximum absolute atomic E-state index is 13.3. The molecule has 0 radical (unpaired) electrons. The lowest BCUT2D eigenvalue weighted by molar-refractivity contribution is -0.139. The van der Waals surface area contributed by atoms with Gasteiger partial charge in [0.1, 0.15) is 6.04 Å². The molecule has 2 heterocycles. The summed E-state index contributed by atoms with van der Waals surface area (Å²) in [6.07, 6.45) is 1.60. The van der Waals surface area contributed by atoms with E-state index in [-0.39, 0.29) is 23.7 Å². The molecule has 0 bridgehead atoms. The zero-order valence-electron chi connectivity index (χ0n) is 17.3. The Bertz CT molecular complexity index is 777. The highest BCUT2D eigenvalue weighted by atomic mass is 16.2. The van der Waals surface area contributed by atoms with Crippen molar-refractivity contribution in [2.75, 3.05) is 19.6 Å². The van der Waals surface area contributed by atoms with Gasteiger partial charge in [-0.2, -0.15) is 0 Å². The fourth-order valence-electron chi connectivity index (χ4n) is 4.15. The van der Waals surface area contributed by atoms with E-state index in [1.807, 2.05) is 20.8 Å². The molecule has 0 aromatic heterocycles. The van der Waals surface area contributed by atoms with E-state index in [1.165, 1.54) is 0 Å². The Balaban J connectivity index is 1.76. The SMILES string of the molecule is CCNC(=O)C1CCN(C(=O)C(CC(C)C)N2C(=O)c3ccccc3C2=O)CC1. The van der Waals surface area contributed by atoms with Crippen molar-refractivity contribution in [2.45, 2.75) is 46.1 Å². The third-order valence-electron chi connectivity index (χ3n) is 5.65. The van der Waals surface area contributed by atoms with Crippen molar-refractivity contribution in [3.63, 3.8) is 0 Å². The van der Waals surface area contributed by atoms with Crippen molar-refractivity contribution in [1.82, 2.24) is 15.1 Å². The Hall–Kier alpha value is -2.70. The lowest BCUT2D eigenvalue weighted by Crippen LogP contribution is -2.53. The second-order valence-electron chi connectivity index (χ2n) is 8.17. The van der Waals surface area contributed by atoms with E-state index >= 15 is 0 Å². The zero-order chi connectivity index (χ0) is 21.1. The van der Waals surface area contributed by atoms with Gasteiger partial charge in [0.15, 0.2) is 0 Å². The molecule has 1 N–H and O–H groups in total. The van der Waals surface area contributed by atoms with E-state index < -0.39 is 17.9 Å². The number of amides is 4. The number of hydrogen-bond acceptors (Lipinski definition) is 4. The summed E-state index contributed by atoms with van der Waals surface area (Å²) in [5.74, 6) is -0.937. The molecular formula is C22H29N3O4. The summed E-state index contributed by atoms with van der Waals surface area (Å²) in [4.78, 5) is 54.1. The molecule has 0 spiro atoms. The molecule has 1 unspecified atom stereocenters. The highest BCUT2D eigenvalue weighted by Crippen LogP contribution is 2.29. The van der Waals surface area contributed by atoms with Gasteiger partial charge in [0.05, 0.1) is 11.1 Å². The lowest BCUT2D eigenvalue weighted by atomic mass is 9.94. The van der Waals surface area contributed by atoms with Gasteiger partial charge in [-0.3, -0.25) is 24.1 Å². The molecule has 1 atom stereocenters. The molecule has 1 aromatic carbocycles. The number of likely N-dealkylation sites (tertiary alicyclic amines) is 1. The number of rotatable bonds is 6. The van der Waals surface area contributed by atoms with E-state index in [2.05, 4.69) is 5.32 Å². The molecule has 3 rings (SSSR count). The number of piperidine rings is 1. The number of benzene rings is 1. The lowest BCUT2D eigenvalue weighted by Gasteiger charge is -2.36. The number of imide groups is 1. The van der Waals surface area contributed by atoms with Crippen molar-refractivity contribution in [3.05, 3.63) is 35.4 Å². The first-order chi connectivity index (χ1) is 13.8. The van der Waals surface area contributed by atoms with Gasteiger partial charge in [0, 0.05) is 25.6 Å². The normalized spacial score (nSPS) is 18.2. The smallest absolute Gasteiger partial charge is 0.262 e. The summed E-state index contributed by atoms with van der Waals surface area (Å²) in [5.41, 5.74) is 0.711. The summed E-state index contributed by atoms with van der Waals surface area (Å²) in [5, 5.41) is 2.83. The van der Waals surface area contributed by atoms with Crippen LogP contribution in [-0.4, -0.2) is 59.1 Å². The van der Waals surface area contributed by atoms with Crippen LogP contribution < -0.4 is 5.32 Å². The van der Waals surface area contributed by atoms with Gasteiger partial charge < -0.3 is 10.2 Å². The van der Waals surface area contributed by atoms with E-state index in [4.69, 9.17) is 0 Å². The van der Waals surface area contributed by atoms with Crippen LogP contribution in [-0.2, 0) is 9.59 Å². The van der Waals surface area contributed by atoms with Gasteiger partial charge >= 0.3 is 0 Å². The van der Waals surface area contributed by atoms with E-state index in [9.17, 15) is 19.2 Å². The maximum atomic E-state index is 13.3. The first kappa shape index (κ1) is 21.0. The molecule has 7 nitrogen and oxygen atoms in total. The summed E-state index contributed by atoms with van der Waals surface area (Å²) >= 11 is 0. The van der Waals surface area contributed by atoms with Crippen LogP contribution >= 0.6 is 0 Å². The van der Waals surface area contributed by atoms with Gasteiger partial charge in [-0.05, 0) is 44.2 Å². The summed E-state index contributed by atoms with van der Waals surface area (Å²) < 4.78 is 0. The molecule has 0 saturated carbocycles. The number of nitrogens with zero attached hydrogens (tertiary/aromatic N) is 2. The largest absolute Gasteiger partial charge is 0.356 e. The number of carbonyl (C=O) groups is 4. The predicted molar refractivity (Wildman–Crippen MR) is 108 cm³/mol. The summed E-state index contributed by atoms with van der Waals surface area (Å²) in [7, 11) is 0. The second kappa shape index (κ2) is 8.76. The molecule has 1 aromatic rings. The third-order valence-corrected chi connectivity index (χ3v) is 5.65. The Morgan fingerprint density at radius 3 is 2.10 bits per heavy atom. The highest BCUT2D eigenvalue weighted by molar-refractivity contribution is 6.22. The molecule has 156 valence electrons. The van der Waals surface area contributed by atoms with Gasteiger partial charge in [0.25, 0.3) is 11.8 Å².